The summed E-state index contributed by atoms with van der Waals surface area (Å²) in [6.45, 7) is 8.04. The number of nitrogens with one attached hydrogen (secondary N) is 1. The van der Waals surface area contributed by atoms with Crippen LogP contribution in [-0.2, 0) is 0 Å². The van der Waals surface area contributed by atoms with Gasteiger partial charge in [0.15, 0.2) is 0 Å². The lowest BCUT2D eigenvalue weighted by Gasteiger charge is -2.46. The fourth-order valence-electron chi connectivity index (χ4n) is 3.83. The van der Waals surface area contributed by atoms with Crippen LogP contribution in [0.4, 0.5) is 4.79 Å². The van der Waals surface area contributed by atoms with E-state index >= 15 is 0 Å². The number of likely N-dealkylation sites (N-methyl/N-ethyl adjacent to an activating group) is 1. The van der Waals surface area contributed by atoms with Crippen LogP contribution in [0.5, 0.6) is 0 Å². The first kappa shape index (κ1) is 14.1. The van der Waals surface area contributed by atoms with Crippen molar-refractivity contribution in [2.45, 2.75) is 25.7 Å². The molecule has 5 nitrogen and oxygen atoms in total. The number of likely N-dealkylation sites (tertiary alicyclic amines) is 1. The van der Waals surface area contributed by atoms with E-state index in [1.165, 1.54) is 25.7 Å². The highest BCUT2D eigenvalue weighted by atomic mass is 16.2. The Morgan fingerprint density at radius 1 is 0.850 bits per heavy atom. The summed E-state index contributed by atoms with van der Waals surface area (Å²) in [4.78, 5) is 19.0. The smallest absolute Gasteiger partial charge is 0.320 e. The van der Waals surface area contributed by atoms with Gasteiger partial charge in [-0.2, -0.15) is 0 Å². The van der Waals surface area contributed by atoms with Crippen molar-refractivity contribution in [1.82, 2.24) is 20.0 Å². The minimum Gasteiger partial charge on any atom is -0.325 e. The number of hydrogen-bond donors (Lipinski definition) is 1. The summed E-state index contributed by atoms with van der Waals surface area (Å²) >= 11 is 0. The first-order valence-corrected chi connectivity index (χ1v) is 8.12. The number of amides is 2. The summed E-state index contributed by atoms with van der Waals surface area (Å²) in [6.07, 6.45) is 5.00. The van der Waals surface area contributed by atoms with Gasteiger partial charge in [0.25, 0.3) is 0 Å². The molecule has 5 heteroatoms. The van der Waals surface area contributed by atoms with Crippen LogP contribution in [0.2, 0.25) is 0 Å². The Balaban J connectivity index is 1.51. The molecule has 20 heavy (non-hydrogen) atoms. The Bertz CT molecular complexity index is 336. The maximum absolute atomic E-state index is 12.6. The highest BCUT2D eigenvalue weighted by molar-refractivity contribution is 5.74. The molecule has 0 unspecified atom stereocenters. The van der Waals surface area contributed by atoms with Gasteiger partial charge >= 0.3 is 6.03 Å². The summed E-state index contributed by atoms with van der Waals surface area (Å²) in [5.74, 6) is 0. The zero-order valence-electron chi connectivity index (χ0n) is 12.7. The first-order chi connectivity index (χ1) is 9.69. The molecule has 0 atom stereocenters. The SMILES string of the molecule is CN1CCN(C(=O)N2CCC3(CCNCC3)CC2)CC1. The summed E-state index contributed by atoms with van der Waals surface area (Å²) in [5.41, 5.74) is 0.532. The molecule has 3 aliphatic rings. The van der Waals surface area contributed by atoms with E-state index in [1.54, 1.807) is 0 Å². The number of urea groups is 1. The molecule has 0 saturated carbocycles. The quantitative estimate of drug-likeness (QED) is 0.714. The van der Waals surface area contributed by atoms with Crippen molar-refractivity contribution in [2.24, 2.45) is 5.41 Å². The molecule has 2 amide bonds. The van der Waals surface area contributed by atoms with Gasteiger partial charge < -0.3 is 20.0 Å². The Kier molecular flexibility index (Phi) is 4.17. The van der Waals surface area contributed by atoms with E-state index in [-0.39, 0.29) is 6.03 Å². The molecule has 0 aromatic rings. The minimum absolute atomic E-state index is 0.280. The number of hydrogen-bond acceptors (Lipinski definition) is 3. The molecule has 3 heterocycles. The number of carbonyl (C=O) groups excluding carboxylic acids is 1. The molecule has 0 radical (unpaired) electrons. The van der Waals surface area contributed by atoms with Crippen molar-refractivity contribution < 1.29 is 4.79 Å². The van der Waals surface area contributed by atoms with Gasteiger partial charge in [-0.3, -0.25) is 0 Å². The fourth-order valence-corrected chi connectivity index (χ4v) is 3.83. The Morgan fingerprint density at radius 3 is 2.00 bits per heavy atom. The molecule has 3 rings (SSSR count). The second-order valence-corrected chi connectivity index (χ2v) is 6.81. The number of rotatable bonds is 0. The topological polar surface area (TPSA) is 38.8 Å². The van der Waals surface area contributed by atoms with Crippen molar-refractivity contribution in [3.63, 3.8) is 0 Å². The van der Waals surface area contributed by atoms with E-state index < -0.39 is 0 Å². The van der Waals surface area contributed by atoms with Gasteiger partial charge in [-0.1, -0.05) is 0 Å². The molecule has 114 valence electrons. The van der Waals surface area contributed by atoms with E-state index in [0.717, 1.165) is 52.4 Å². The third-order valence-electron chi connectivity index (χ3n) is 5.53. The van der Waals surface area contributed by atoms with Crippen LogP contribution in [0.25, 0.3) is 0 Å². The van der Waals surface area contributed by atoms with Gasteiger partial charge in [0, 0.05) is 39.3 Å². The monoisotopic (exact) mass is 280 g/mol. The van der Waals surface area contributed by atoms with Gasteiger partial charge in [-0.15, -0.1) is 0 Å². The standard InChI is InChI=1S/C15H28N4O/c1-17-10-12-19(13-11-17)14(20)18-8-4-15(5-9-18)2-6-16-7-3-15/h16H,2-13H2,1H3. The van der Waals surface area contributed by atoms with Gasteiger partial charge in [0.1, 0.15) is 0 Å². The van der Waals surface area contributed by atoms with E-state index in [1.807, 2.05) is 4.90 Å². The predicted octanol–water partition coefficient (Wildman–Crippen LogP) is 0.819. The molecule has 3 fully saturated rings. The van der Waals surface area contributed by atoms with Crippen molar-refractivity contribution >= 4 is 6.03 Å². The van der Waals surface area contributed by atoms with Gasteiger partial charge in [-0.05, 0) is 51.2 Å². The maximum Gasteiger partial charge on any atom is 0.320 e. The molecular weight excluding hydrogens is 252 g/mol. The predicted molar refractivity (Wildman–Crippen MR) is 79.8 cm³/mol. The second-order valence-electron chi connectivity index (χ2n) is 6.81. The molecule has 0 aromatic heterocycles. The van der Waals surface area contributed by atoms with Crippen molar-refractivity contribution in [3.8, 4) is 0 Å². The number of carbonyl (C=O) groups is 1. The zero-order valence-corrected chi connectivity index (χ0v) is 12.7. The summed E-state index contributed by atoms with van der Waals surface area (Å²) in [7, 11) is 2.13. The van der Waals surface area contributed by atoms with Crippen LogP contribution >= 0.6 is 0 Å². The van der Waals surface area contributed by atoms with Crippen molar-refractivity contribution in [3.05, 3.63) is 0 Å². The van der Waals surface area contributed by atoms with E-state index in [0.29, 0.717) is 5.41 Å². The zero-order chi connectivity index (χ0) is 14.0. The highest BCUT2D eigenvalue weighted by Crippen LogP contribution is 2.39. The summed E-state index contributed by atoms with van der Waals surface area (Å²) < 4.78 is 0. The number of nitrogens with zero attached hydrogens (tertiary/aromatic N) is 3. The van der Waals surface area contributed by atoms with E-state index in [4.69, 9.17) is 0 Å². The highest BCUT2D eigenvalue weighted by Gasteiger charge is 2.37. The molecule has 3 saturated heterocycles. The normalized spacial score (nSPS) is 27.9. The second kappa shape index (κ2) is 5.90. The van der Waals surface area contributed by atoms with Crippen LogP contribution in [0, 0.1) is 5.41 Å². The van der Waals surface area contributed by atoms with Crippen molar-refractivity contribution in [1.29, 1.82) is 0 Å². The molecule has 1 spiro atoms. The fraction of sp³-hybridized carbons (Fsp3) is 0.933. The molecular formula is C15H28N4O. The largest absolute Gasteiger partial charge is 0.325 e. The first-order valence-electron chi connectivity index (χ1n) is 8.12. The molecule has 0 aromatic carbocycles. The van der Waals surface area contributed by atoms with E-state index in [2.05, 4.69) is 22.2 Å². The van der Waals surface area contributed by atoms with Crippen LogP contribution in [0.3, 0.4) is 0 Å². The number of piperidine rings is 2. The van der Waals surface area contributed by atoms with Gasteiger partial charge in [-0.25, -0.2) is 4.79 Å². The molecule has 0 aliphatic carbocycles. The molecule has 1 N–H and O–H groups in total. The van der Waals surface area contributed by atoms with Gasteiger partial charge in [0.05, 0.1) is 0 Å². The lowest BCUT2D eigenvalue weighted by atomic mass is 9.72. The Morgan fingerprint density at radius 2 is 1.40 bits per heavy atom. The third-order valence-corrected chi connectivity index (χ3v) is 5.53. The molecule has 3 aliphatic heterocycles. The number of piperazine rings is 1. The average molecular weight is 280 g/mol. The Hall–Kier alpha value is -0.810. The van der Waals surface area contributed by atoms with Crippen LogP contribution in [-0.4, -0.2) is 80.1 Å². The molecule has 0 bridgehead atoms. The van der Waals surface area contributed by atoms with E-state index in [9.17, 15) is 4.79 Å². The van der Waals surface area contributed by atoms with Crippen LogP contribution in [0.15, 0.2) is 0 Å². The maximum atomic E-state index is 12.6. The average Bonchev–Trinajstić information content (AvgIpc) is 2.49. The van der Waals surface area contributed by atoms with Crippen LogP contribution in [0.1, 0.15) is 25.7 Å². The van der Waals surface area contributed by atoms with Crippen LogP contribution < -0.4 is 5.32 Å². The van der Waals surface area contributed by atoms with Crippen molar-refractivity contribution in [2.75, 3.05) is 59.4 Å². The summed E-state index contributed by atoms with van der Waals surface area (Å²) in [5, 5.41) is 3.45. The third kappa shape index (κ3) is 2.93. The minimum atomic E-state index is 0.280. The Labute approximate surface area is 122 Å². The lowest BCUT2D eigenvalue weighted by molar-refractivity contribution is 0.0666. The van der Waals surface area contributed by atoms with Gasteiger partial charge in [0.2, 0.25) is 0 Å². The lowest BCUT2D eigenvalue weighted by Crippen LogP contribution is -2.55. The summed E-state index contributed by atoms with van der Waals surface area (Å²) in [6, 6.07) is 0.280.